The van der Waals surface area contributed by atoms with Crippen molar-refractivity contribution in [1.82, 2.24) is 15.0 Å². The molecule has 134 valence electrons. The molecular formula is C18H19BrN6O. The SMILES string of the molecule is N[C@@H]1CCCN(c2c(Br)cnc3[nH]cc(NC(=O)c4ccccn4)c23)C1. The van der Waals surface area contributed by atoms with Crippen molar-refractivity contribution in [1.29, 1.82) is 0 Å². The summed E-state index contributed by atoms with van der Waals surface area (Å²) in [6, 6.07) is 5.39. The Labute approximate surface area is 159 Å². The van der Waals surface area contributed by atoms with Crippen LogP contribution in [-0.4, -0.2) is 40.0 Å². The first kappa shape index (κ1) is 17.0. The van der Waals surface area contributed by atoms with Crippen molar-refractivity contribution in [2.45, 2.75) is 18.9 Å². The predicted octanol–water partition coefficient (Wildman–Crippen LogP) is 2.90. The number of piperidine rings is 1. The van der Waals surface area contributed by atoms with E-state index >= 15 is 0 Å². The predicted molar refractivity (Wildman–Crippen MR) is 105 cm³/mol. The van der Waals surface area contributed by atoms with Crippen LogP contribution in [0.15, 0.2) is 41.3 Å². The molecular weight excluding hydrogens is 396 g/mol. The second kappa shape index (κ2) is 7.05. The number of nitrogens with zero attached hydrogens (tertiary/aromatic N) is 3. The van der Waals surface area contributed by atoms with Gasteiger partial charge in [-0.1, -0.05) is 6.07 Å². The van der Waals surface area contributed by atoms with Gasteiger partial charge in [0.05, 0.1) is 21.2 Å². The number of H-pyrrole nitrogens is 1. The largest absolute Gasteiger partial charge is 0.368 e. The van der Waals surface area contributed by atoms with E-state index in [0.717, 1.165) is 47.1 Å². The number of amides is 1. The minimum atomic E-state index is -0.257. The molecule has 3 aromatic rings. The number of hydrogen-bond donors (Lipinski definition) is 3. The second-order valence-electron chi connectivity index (χ2n) is 6.40. The average molecular weight is 415 g/mol. The van der Waals surface area contributed by atoms with Gasteiger partial charge in [0.25, 0.3) is 5.91 Å². The fraction of sp³-hybridized carbons (Fsp3) is 0.278. The molecule has 0 unspecified atom stereocenters. The van der Waals surface area contributed by atoms with Crippen molar-refractivity contribution < 1.29 is 4.79 Å². The van der Waals surface area contributed by atoms with Gasteiger partial charge < -0.3 is 20.9 Å². The highest BCUT2D eigenvalue weighted by molar-refractivity contribution is 9.10. The van der Waals surface area contributed by atoms with Crippen molar-refractivity contribution in [3.8, 4) is 0 Å². The summed E-state index contributed by atoms with van der Waals surface area (Å²) in [5.41, 5.74) is 8.94. The molecule has 1 amide bonds. The van der Waals surface area contributed by atoms with E-state index in [1.165, 1.54) is 0 Å². The van der Waals surface area contributed by atoms with Crippen LogP contribution in [-0.2, 0) is 0 Å². The number of nitrogens with one attached hydrogen (secondary N) is 2. The van der Waals surface area contributed by atoms with Crippen LogP contribution >= 0.6 is 15.9 Å². The van der Waals surface area contributed by atoms with Gasteiger partial charge in [-0.05, 0) is 40.9 Å². The van der Waals surface area contributed by atoms with Gasteiger partial charge >= 0.3 is 0 Å². The van der Waals surface area contributed by atoms with E-state index in [2.05, 4.69) is 41.1 Å². The molecule has 0 aliphatic carbocycles. The first-order valence-corrected chi connectivity index (χ1v) is 9.31. The van der Waals surface area contributed by atoms with Gasteiger partial charge in [-0.25, -0.2) is 4.98 Å². The normalized spacial score (nSPS) is 17.5. The molecule has 8 heteroatoms. The Balaban J connectivity index is 1.74. The highest BCUT2D eigenvalue weighted by atomic mass is 79.9. The van der Waals surface area contributed by atoms with Gasteiger partial charge in [-0.3, -0.25) is 9.78 Å². The fourth-order valence-corrected chi connectivity index (χ4v) is 3.91. The lowest BCUT2D eigenvalue weighted by atomic mass is 10.1. The van der Waals surface area contributed by atoms with Crippen molar-refractivity contribution in [2.24, 2.45) is 5.73 Å². The highest BCUT2D eigenvalue weighted by Crippen LogP contribution is 2.38. The molecule has 4 heterocycles. The van der Waals surface area contributed by atoms with E-state index in [4.69, 9.17) is 5.73 Å². The maximum atomic E-state index is 12.5. The molecule has 0 spiro atoms. The van der Waals surface area contributed by atoms with Gasteiger partial charge in [0.15, 0.2) is 0 Å². The minimum Gasteiger partial charge on any atom is -0.368 e. The van der Waals surface area contributed by atoms with Gasteiger partial charge in [-0.2, -0.15) is 0 Å². The molecule has 1 fully saturated rings. The number of hydrogen-bond acceptors (Lipinski definition) is 5. The van der Waals surface area contributed by atoms with Gasteiger partial charge in [0.1, 0.15) is 11.3 Å². The number of nitrogens with two attached hydrogens (primary N) is 1. The van der Waals surface area contributed by atoms with Crippen LogP contribution in [0.25, 0.3) is 11.0 Å². The van der Waals surface area contributed by atoms with Crippen molar-refractivity contribution in [2.75, 3.05) is 23.3 Å². The third kappa shape index (κ3) is 3.17. The van der Waals surface area contributed by atoms with Crippen molar-refractivity contribution >= 4 is 44.2 Å². The van der Waals surface area contributed by atoms with Crippen molar-refractivity contribution in [3.63, 3.8) is 0 Å². The Morgan fingerprint density at radius 3 is 3.04 bits per heavy atom. The lowest BCUT2D eigenvalue weighted by molar-refractivity contribution is 0.102. The van der Waals surface area contributed by atoms with Gasteiger partial charge in [0.2, 0.25) is 0 Å². The number of rotatable bonds is 3. The molecule has 7 nitrogen and oxygen atoms in total. The summed E-state index contributed by atoms with van der Waals surface area (Å²) in [7, 11) is 0. The Morgan fingerprint density at radius 1 is 1.38 bits per heavy atom. The summed E-state index contributed by atoms with van der Waals surface area (Å²) in [4.78, 5) is 26.5. The zero-order valence-electron chi connectivity index (χ0n) is 14.1. The number of aromatic nitrogens is 3. The molecule has 4 N–H and O–H groups in total. The van der Waals surface area contributed by atoms with Gasteiger partial charge in [0, 0.05) is 37.7 Å². The molecule has 26 heavy (non-hydrogen) atoms. The Kier molecular flexibility index (Phi) is 4.60. The monoisotopic (exact) mass is 414 g/mol. The number of aromatic amines is 1. The molecule has 4 rings (SSSR count). The Hall–Kier alpha value is -2.45. The fourth-order valence-electron chi connectivity index (χ4n) is 3.36. The number of carbonyl (C=O) groups excluding carboxylic acids is 1. The van der Waals surface area contributed by atoms with Crippen LogP contribution in [0.3, 0.4) is 0 Å². The first-order valence-electron chi connectivity index (χ1n) is 8.52. The summed E-state index contributed by atoms with van der Waals surface area (Å²) in [5, 5.41) is 3.82. The third-order valence-electron chi connectivity index (χ3n) is 4.55. The zero-order chi connectivity index (χ0) is 18.1. The number of halogens is 1. The van der Waals surface area contributed by atoms with Crippen LogP contribution < -0.4 is 16.0 Å². The smallest absolute Gasteiger partial charge is 0.274 e. The van der Waals surface area contributed by atoms with Crippen LogP contribution in [0, 0.1) is 0 Å². The highest BCUT2D eigenvalue weighted by Gasteiger charge is 2.24. The summed E-state index contributed by atoms with van der Waals surface area (Å²) in [5.74, 6) is -0.257. The quantitative estimate of drug-likeness (QED) is 0.611. The van der Waals surface area contributed by atoms with Crippen LogP contribution in [0.4, 0.5) is 11.4 Å². The van der Waals surface area contributed by atoms with Crippen LogP contribution in [0.1, 0.15) is 23.3 Å². The van der Waals surface area contributed by atoms with Crippen LogP contribution in [0.2, 0.25) is 0 Å². The summed E-state index contributed by atoms with van der Waals surface area (Å²) >= 11 is 3.62. The number of carbonyl (C=O) groups is 1. The molecule has 1 aliphatic heterocycles. The average Bonchev–Trinajstić information content (AvgIpc) is 3.05. The van der Waals surface area contributed by atoms with E-state index < -0.39 is 0 Å². The molecule has 0 radical (unpaired) electrons. The first-order chi connectivity index (χ1) is 12.6. The zero-order valence-corrected chi connectivity index (χ0v) is 15.7. The van der Waals surface area contributed by atoms with Crippen molar-refractivity contribution in [3.05, 3.63) is 47.0 Å². The Morgan fingerprint density at radius 2 is 2.27 bits per heavy atom. The van der Waals surface area contributed by atoms with Crippen LogP contribution in [0.5, 0.6) is 0 Å². The summed E-state index contributed by atoms with van der Waals surface area (Å²) in [6.07, 6.45) is 7.20. The molecule has 0 aromatic carbocycles. The maximum Gasteiger partial charge on any atom is 0.274 e. The number of anilines is 2. The molecule has 3 aromatic heterocycles. The molecule has 1 saturated heterocycles. The minimum absolute atomic E-state index is 0.143. The van der Waals surface area contributed by atoms with E-state index in [9.17, 15) is 4.79 Å². The third-order valence-corrected chi connectivity index (χ3v) is 5.13. The maximum absolute atomic E-state index is 12.5. The van der Waals surface area contributed by atoms with E-state index in [-0.39, 0.29) is 11.9 Å². The lowest BCUT2D eigenvalue weighted by Gasteiger charge is -2.33. The van der Waals surface area contributed by atoms with E-state index in [1.807, 2.05) is 0 Å². The number of pyridine rings is 2. The lowest BCUT2D eigenvalue weighted by Crippen LogP contribution is -2.43. The topological polar surface area (TPSA) is 99.9 Å². The van der Waals surface area contributed by atoms with Gasteiger partial charge in [-0.15, -0.1) is 0 Å². The number of fused-ring (bicyclic) bond motifs is 1. The second-order valence-corrected chi connectivity index (χ2v) is 7.25. The van der Waals surface area contributed by atoms with E-state index in [1.54, 1.807) is 36.8 Å². The molecule has 1 atom stereocenters. The summed E-state index contributed by atoms with van der Waals surface area (Å²) in [6.45, 7) is 1.70. The molecule has 1 aliphatic rings. The van der Waals surface area contributed by atoms with E-state index in [0.29, 0.717) is 11.4 Å². The summed E-state index contributed by atoms with van der Waals surface area (Å²) < 4.78 is 0.882. The standard InChI is InChI=1S/C18H19BrN6O/c19-12-8-22-17-15(16(12)25-7-3-4-11(20)10-25)14(9-23-17)24-18(26)13-5-1-2-6-21-13/h1-2,5-6,8-9,11H,3-4,7,10,20H2,(H,22,23)(H,24,26)/t11-/m1/s1. The molecule has 0 bridgehead atoms. The Bertz CT molecular complexity index is 942. The molecule has 0 saturated carbocycles.